The van der Waals surface area contributed by atoms with E-state index in [2.05, 4.69) is 116 Å². The van der Waals surface area contributed by atoms with Crippen LogP contribution in [-0.4, -0.2) is 16.6 Å². The average Bonchev–Trinajstić information content (AvgIpc) is 2.73. The molecule has 0 aromatic heterocycles. The molecule has 0 heterocycles. The van der Waals surface area contributed by atoms with Crippen LogP contribution >= 0.6 is 0 Å². The molecule has 1 saturated carbocycles. The third kappa shape index (κ3) is 5.65. The van der Waals surface area contributed by atoms with Gasteiger partial charge in [0.15, 0.2) is 0 Å². The zero-order valence-corrected chi connectivity index (χ0v) is 25.5. The molecule has 2 nitrogen and oxygen atoms in total. The molecule has 0 amide bonds. The van der Waals surface area contributed by atoms with Crippen LogP contribution < -0.4 is 8.85 Å². The first-order chi connectivity index (χ1) is 15.6. The fourth-order valence-corrected chi connectivity index (χ4v) is 6.54. The maximum absolute atomic E-state index is 6.56. The van der Waals surface area contributed by atoms with Crippen molar-refractivity contribution in [2.24, 2.45) is 0 Å². The maximum Gasteiger partial charge on any atom is 0.250 e. The molecule has 1 aliphatic rings. The minimum Gasteiger partial charge on any atom is -0.544 e. The minimum atomic E-state index is -1.84. The molecule has 0 unspecified atom stereocenters. The van der Waals surface area contributed by atoms with Gasteiger partial charge >= 0.3 is 0 Å². The lowest BCUT2D eigenvalue weighted by Crippen LogP contribution is -2.43. The lowest BCUT2D eigenvalue weighted by molar-refractivity contribution is 0.345. The van der Waals surface area contributed by atoms with Crippen molar-refractivity contribution in [3.8, 4) is 11.5 Å². The van der Waals surface area contributed by atoms with E-state index in [1.807, 2.05) is 0 Å². The molecule has 0 radical (unpaired) electrons. The summed E-state index contributed by atoms with van der Waals surface area (Å²) in [7, 11) is -3.67. The molecular formula is C30H48O2Si2. The number of hydrogen-bond donors (Lipinski definition) is 0. The van der Waals surface area contributed by atoms with Crippen molar-refractivity contribution in [3.63, 3.8) is 0 Å². The lowest BCUT2D eigenvalue weighted by Gasteiger charge is -2.40. The van der Waals surface area contributed by atoms with Crippen molar-refractivity contribution in [1.82, 2.24) is 0 Å². The summed E-state index contributed by atoms with van der Waals surface area (Å²) in [5.74, 6) is 2.03. The van der Waals surface area contributed by atoms with Crippen molar-refractivity contribution in [2.45, 2.75) is 115 Å². The molecule has 2 aromatic rings. The minimum absolute atomic E-state index is 0.0866. The topological polar surface area (TPSA) is 18.5 Å². The Morgan fingerprint density at radius 3 is 1.18 bits per heavy atom. The van der Waals surface area contributed by atoms with Gasteiger partial charge in [0.2, 0.25) is 16.6 Å². The maximum atomic E-state index is 6.56. The average molecular weight is 497 g/mol. The zero-order valence-electron chi connectivity index (χ0n) is 23.5. The first-order valence-electron chi connectivity index (χ1n) is 13.2. The third-order valence-electron chi connectivity index (χ3n) is 8.88. The van der Waals surface area contributed by atoms with Crippen LogP contribution in [0.2, 0.25) is 36.3 Å². The monoisotopic (exact) mass is 496 g/mol. The molecule has 4 heteroatoms. The Bertz CT molecular complexity index is 866. The standard InChI is InChI=1S/C30H48O2Si2/c1-28(2,3)33(7,8)31-26-18-14-24(15-19-26)30(22-12-11-13-23-30)25-16-20-27(21-17-25)32-34(9,10)29(4,5)6/h14-21H,11-13,22-23H2,1-10H3. The van der Waals surface area contributed by atoms with E-state index in [0.717, 1.165) is 11.5 Å². The predicted octanol–water partition coefficient (Wildman–Crippen LogP) is 9.70. The second kappa shape index (κ2) is 9.50. The number of benzene rings is 2. The van der Waals surface area contributed by atoms with Crippen LogP contribution in [-0.2, 0) is 5.41 Å². The Labute approximate surface area is 211 Å². The fraction of sp³-hybridized carbons (Fsp3) is 0.600. The van der Waals surface area contributed by atoms with Crippen LogP contribution in [0.1, 0.15) is 84.8 Å². The van der Waals surface area contributed by atoms with E-state index in [9.17, 15) is 0 Å². The van der Waals surface area contributed by atoms with E-state index in [4.69, 9.17) is 8.85 Å². The van der Waals surface area contributed by atoms with Gasteiger partial charge in [0.25, 0.3) is 0 Å². The largest absolute Gasteiger partial charge is 0.544 e. The second-order valence-corrected chi connectivity index (χ2v) is 22.9. The third-order valence-corrected chi connectivity index (χ3v) is 17.6. The molecule has 188 valence electrons. The van der Waals surface area contributed by atoms with Gasteiger partial charge in [-0.2, -0.15) is 0 Å². The van der Waals surface area contributed by atoms with Gasteiger partial charge in [0.1, 0.15) is 11.5 Å². The van der Waals surface area contributed by atoms with Gasteiger partial charge < -0.3 is 8.85 Å². The highest BCUT2D eigenvalue weighted by Gasteiger charge is 2.41. The zero-order chi connectivity index (χ0) is 25.4. The fourth-order valence-electron chi connectivity index (χ4n) is 4.48. The molecule has 0 bridgehead atoms. The van der Waals surface area contributed by atoms with E-state index in [1.54, 1.807) is 0 Å². The van der Waals surface area contributed by atoms with Crippen LogP contribution in [0.25, 0.3) is 0 Å². The smallest absolute Gasteiger partial charge is 0.250 e. The first-order valence-corrected chi connectivity index (χ1v) is 19.0. The van der Waals surface area contributed by atoms with Crippen molar-refractivity contribution in [1.29, 1.82) is 0 Å². The van der Waals surface area contributed by atoms with Crippen molar-refractivity contribution in [2.75, 3.05) is 0 Å². The molecule has 0 aliphatic heterocycles. The van der Waals surface area contributed by atoms with Crippen LogP contribution in [0.4, 0.5) is 0 Å². The second-order valence-electron chi connectivity index (χ2n) is 13.4. The van der Waals surface area contributed by atoms with Gasteiger partial charge in [-0.3, -0.25) is 0 Å². The van der Waals surface area contributed by atoms with Crippen LogP contribution in [0.15, 0.2) is 48.5 Å². The van der Waals surface area contributed by atoms with Gasteiger partial charge in [-0.1, -0.05) is 85.1 Å². The summed E-state index contributed by atoms with van der Waals surface area (Å²) in [6.07, 6.45) is 6.31. The summed E-state index contributed by atoms with van der Waals surface area (Å²) < 4.78 is 13.1. The van der Waals surface area contributed by atoms with E-state index >= 15 is 0 Å². The van der Waals surface area contributed by atoms with Crippen molar-refractivity contribution in [3.05, 3.63) is 59.7 Å². The van der Waals surface area contributed by atoms with E-state index in [-0.39, 0.29) is 15.5 Å². The Morgan fingerprint density at radius 1 is 0.559 bits per heavy atom. The Morgan fingerprint density at radius 2 is 0.882 bits per heavy atom. The molecule has 3 rings (SSSR count). The highest BCUT2D eigenvalue weighted by molar-refractivity contribution is 6.75. The van der Waals surface area contributed by atoms with Gasteiger partial charge in [-0.25, -0.2) is 0 Å². The summed E-state index contributed by atoms with van der Waals surface area (Å²) in [5.41, 5.74) is 2.93. The lowest BCUT2D eigenvalue weighted by atomic mass is 9.65. The molecule has 0 N–H and O–H groups in total. The van der Waals surface area contributed by atoms with Crippen LogP contribution in [0.3, 0.4) is 0 Å². The molecule has 34 heavy (non-hydrogen) atoms. The summed E-state index contributed by atoms with van der Waals surface area (Å²) >= 11 is 0. The normalized spacial score (nSPS) is 17.4. The van der Waals surface area contributed by atoms with Gasteiger partial charge in [0, 0.05) is 5.41 Å². The summed E-state index contributed by atoms with van der Waals surface area (Å²) in [6.45, 7) is 23.0. The van der Waals surface area contributed by atoms with E-state index < -0.39 is 16.6 Å². The predicted molar refractivity (Wildman–Crippen MR) is 152 cm³/mol. The van der Waals surface area contributed by atoms with Crippen molar-refractivity contribution < 1.29 is 8.85 Å². The van der Waals surface area contributed by atoms with Gasteiger partial charge in [-0.05, 0) is 84.5 Å². The van der Waals surface area contributed by atoms with Gasteiger partial charge in [-0.15, -0.1) is 0 Å². The molecule has 0 saturated heterocycles. The molecule has 1 fully saturated rings. The SMILES string of the molecule is CC(C)(C)[Si](C)(C)Oc1ccc(C2(c3ccc(O[Si](C)(C)C(C)(C)C)cc3)CCCCC2)cc1. The summed E-state index contributed by atoms with van der Waals surface area (Å²) in [4.78, 5) is 0. The number of hydrogen-bond acceptors (Lipinski definition) is 2. The quantitative estimate of drug-likeness (QED) is 0.370. The summed E-state index contributed by atoms with van der Waals surface area (Å²) in [6, 6.07) is 18.1. The summed E-state index contributed by atoms with van der Waals surface area (Å²) in [5, 5.41) is 0.398. The Kier molecular flexibility index (Phi) is 7.56. The highest BCUT2D eigenvalue weighted by atomic mass is 28.4. The van der Waals surface area contributed by atoms with Crippen molar-refractivity contribution >= 4 is 16.6 Å². The number of rotatable bonds is 6. The Balaban J connectivity index is 1.88. The van der Waals surface area contributed by atoms with E-state index in [1.165, 1.54) is 43.2 Å². The van der Waals surface area contributed by atoms with Crippen LogP contribution in [0.5, 0.6) is 11.5 Å². The molecule has 0 spiro atoms. The van der Waals surface area contributed by atoms with E-state index in [0.29, 0.717) is 0 Å². The molecular weight excluding hydrogens is 449 g/mol. The molecule has 1 aliphatic carbocycles. The first kappa shape index (κ1) is 27.1. The highest BCUT2D eigenvalue weighted by Crippen LogP contribution is 2.46. The Hall–Kier alpha value is -1.53. The van der Waals surface area contributed by atoms with Crippen LogP contribution in [0, 0.1) is 0 Å². The molecule has 0 atom stereocenters. The molecule has 2 aromatic carbocycles. The van der Waals surface area contributed by atoms with Gasteiger partial charge in [0.05, 0.1) is 0 Å².